The molecule has 3 nitrogen and oxygen atoms in total. The van der Waals surface area contributed by atoms with Gasteiger partial charge in [-0.25, -0.2) is 9.18 Å². The average Bonchev–Trinajstić information content (AvgIpc) is 2.79. The van der Waals surface area contributed by atoms with Gasteiger partial charge < -0.3 is 10.5 Å². The molecule has 0 atom stereocenters. The summed E-state index contributed by atoms with van der Waals surface area (Å²) < 4.78 is 18.5. The van der Waals surface area contributed by atoms with Crippen LogP contribution in [0.25, 0.3) is 0 Å². The minimum Gasteiger partial charge on any atom is -0.462 e. The minimum atomic E-state index is -0.660. The lowest BCUT2D eigenvalue weighted by Crippen LogP contribution is -2.15. The summed E-state index contributed by atoms with van der Waals surface area (Å²) in [5, 5.41) is 0. The van der Waals surface area contributed by atoms with Gasteiger partial charge in [-0.2, -0.15) is 0 Å². The molecule has 0 unspecified atom stereocenters. The molecule has 2 N–H and O–H groups in total. The van der Waals surface area contributed by atoms with Crippen LogP contribution in [0.15, 0.2) is 18.2 Å². The van der Waals surface area contributed by atoms with Crippen LogP contribution in [0, 0.1) is 11.7 Å². The summed E-state index contributed by atoms with van der Waals surface area (Å²) in [4.78, 5) is 11.7. The quantitative estimate of drug-likeness (QED) is 0.649. The van der Waals surface area contributed by atoms with Crippen molar-refractivity contribution >= 4 is 11.7 Å². The standard InChI is InChI=1S/C13H16FNO2/c14-10-6-3-7-11(15)12(10)13(16)17-8-9-4-1-2-5-9/h3,6-7,9H,1-2,4-5,8,15H2. The number of ether oxygens (including phenoxy) is 1. The summed E-state index contributed by atoms with van der Waals surface area (Å²) in [6, 6.07) is 4.18. The number of rotatable bonds is 3. The molecule has 0 heterocycles. The molecule has 0 radical (unpaired) electrons. The fraction of sp³-hybridized carbons (Fsp3) is 0.462. The zero-order valence-corrected chi connectivity index (χ0v) is 9.62. The number of anilines is 1. The lowest BCUT2D eigenvalue weighted by molar-refractivity contribution is 0.0438. The molecule has 1 aliphatic carbocycles. The van der Waals surface area contributed by atoms with Crippen LogP contribution in [0.4, 0.5) is 10.1 Å². The molecule has 1 aromatic carbocycles. The van der Waals surface area contributed by atoms with Crippen LogP contribution in [0.1, 0.15) is 36.0 Å². The van der Waals surface area contributed by atoms with E-state index in [0.29, 0.717) is 12.5 Å². The molecule has 92 valence electrons. The van der Waals surface area contributed by atoms with Crippen molar-refractivity contribution in [1.29, 1.82) is 0 Å². The highest BCUT2D eigenvalue weighted by Gasteiger charge is 2.20. The first kappa shape index (κ1) is 11.9. The van der Waals surface area contributed by atoms with Crippen molar-refractivity contribution in [3.63, 3.8) is 0 Å². The molecule has 1 aromatic rings. The Hall–Kier alpha value is -1.58. The van der Waals surface area contributed by atoms with Crippen molar-refractivity contribution < 1.29 is 13.9 Å². The molecule has 0 saturated heterocycles. The van der Waals surface area contributed by atoms with Gasteiger partial charge in [-0.3, -0.25) is 0 Å². The third-order valence-corrected chi connectivity index (χ3v) is 3.17. The Labute approximate surface area is 99.8 Å². The number of halogens is 1. The van der Waals surface area contributed by atoms with Gasteiger partial charge in [-0.05, 0) is 30.9 Å². The van der Waals surface area contributed by atoms with Gasteiger partial charge in [0.15, 0.2) is 0 Å². The fourth-order valence-electron chi connectivity index (χ4n) is 2.20. The summed E-state index contributed by atoms with van der Waals surface area (Å²) in [5.41, 5.74) is 5.54. The molecule has 0 aliphatic heterocycles. The Morgan fingerprint density at radius 1 is 1.41 bits per heavy atom. The topological polar surface area (TPSA) is 52.3 Å². The summed E-state index contributed by atoms with van der Waals surface area (Å²) in [6.07, 6.45) is 4.54. The Morgan fingerprint density at radius 3 is 2.76 bits per heavy atom. The third-order valence-electron chi connectivity index (χ3n) is 3.17. The van der Waals surface area contributed by atoms with Gasteiger partial charge in [0, 0.05) is 5.69 Å². The summed E-state index contributed by atoms with van der Waals surface area (Å²) in [7, 11) is 0. The first-order valence-electron chi connectivity index (χ1n) is 5.89. The first-order valence-corrected chi connectivity index (χ1v) is 5.89. The number of carbonyl (C=O) groups is 1. The molecule has 4 heteroatoms. The van der Waals surface area contributed by atoms with Gasteiger partial charge in [0.05, 0.1) is 6.61 Å². The van der Waals surface area contributed by atoms with E-state index in [0.717, 1.165) is 12.8 Å². The lowest BCUT2D eigenvalue weighted by atomic mass is 10.1. The van der Waals surface area contributed by atoms with E-state index in [1.807, 2.05) is 0 Å². The number of esters is 1. The highest BCUT2D eigenvalue weighted by molar-refractivity contribution is 5.95. The molecular formula is C13H16FNO2. The summed E-state index contributed by atoms with van der Waals surface area (Å²) in [5.74, 6) is -0.860. The van der Waals surface area contributed by atoms with Crippen molar-refractivity contribution in [2.24, 2.45) is 5.92 Å². The lowest BCUT2D eigenvalue weighted by Gasteiger charge is -2.11. The highest BCUT2D eigenvalue weighted by atomic mass is 19.1. The van der Waals surface area contributed by atoms with Crippen molar-refractivity contribution in [3.8, 4) is 0 Å². The maximum absolute atomic E-state index is 13.4. The predicted octanol–water partition coefficient (Wildman–Crippen LogP) is 2.75. The molecule has 0 amide bonds. The largest absolute Gasteiger partial charge is 0.462 e. The van der Waals surface area contributed by atoms with Gasteiger partial charge in [0.2, 0.25) is 0 Å². The van der Waals surface area contributed by atoms with Crippen molar-refractivity contribution in [3.05, 3.63) is 29.6 Å². The van der Waals surface area contributed by atoms with Crippen LogP contribution in [0.5, 0.6) is 0 Å². The molecule has 17 heavy (non-hydrogen) atoms. The van der Waals surface area contributed by atoms with E-state index < -0.39 is 11.8 Å². The number of hydrogen-bond donors (Lipinski definition) is 1. The molecule has 0 aromatic heterocycles. The van der Waals surface area contributed by atoms with Gasteiger partial charge in [-0.15, -0.1) is 0 Å². The molecule has 1 saturated carbocycles. The van der Waals surface area contributed by atoms with E-state index in [4.69, 9.17) is 10.5 Å². The monoisotopic (exact) mass is 237 g/mol. The maximum atomic E-state index is 13.4. The van der Waals surface area contributed by atoms with Gasteiger partial charge >= 0.3 is 5.97 Å². The van der Waals surface area contributed by atoms with Crippen molar-refractivity contribution in [2.45, 2.75) is 25.7 Å². The molecular weight excluding hydrogens is 221 g/mol. The Morgan fingerprint density at radius 2 is 2.12 bits per heavy atom. The van der Waals surface area contributed by atoms with E-state index in [2.05, 4.69) is 0 Å². The van der Waals surface area contributed by atoms with Gasteiger partial charge in [0.25, 0.3) is 0 Å². The smallest absolute Gasteiger partial charge is 0.343 e. The normalized spacial score (nSPS) is 16.1. The van der Waals surface area contributed by atoms with E-state index in [1.165, 1.54) is 31.0 Å². The summed E-state index contributed by atoms with van der Waals surface area (Å²) >= 11 is 0. The van der Waals surface area contributed by atoms with Crippen LogP contribution < -0.4 is 5.73 Å². The second-order valence-corrected chi connectivity index (χ2v) is 4.45. The zero-order chi connectivity index (χ0) is 12.3. The van der Waals surface area contributed by atoms with Gasteiger partial charge in [0.1, 0.15) is 11.4 Å². The number of hydrogen-bond acceptors (Lipinski definition) is 3. The van der Waals surface area contributed by atoms with E-state index in [-0.39, 0.29) is 11.3 Å². The maximum Gasteiger partial charge on any atom is 0.343 e. The zero-order valence-electron chi connectivity index (χ0n) is 9.62. The van der Waals surface area contributed by atoms with E-state index in [1.54, 1.807) is 0 Å². The molecule has 0 bridgehead atoms. The van der Waals surface area contributed by atoms with Crippen molar-refractivity contribution in [1.82, 2.24) is 0 Å². The van der Waals surface area contributed by atoms with Crippen molar-refractivity contribution in [2.75, 3.05) is 12.3 Å². The average molecular weight is 237 g/mol. The highest BCUT2D eigenvalue weighted by Crippen LogP contribution is 2.25. The second-order valence-electron chi connectivity index (χ2n) is 4.45. The van der Waals surface area contributed by atoms with E-state index >= 15 is 0 Å². The Balaban J connectivity index is 1.99. The molecule has 0 spiro atoms. The Kier molecular flexibility index (Phi) is 3.61. The number of carbonyl (C=O) groups excluding carboxylic acids is 1. The second kappa shape index (κ2) is 5.17. The molecule has 1 fully saturated rings. The van der Waals surface area contributed by atoms with E-state index in [9.17, 15) is 9.18 Å². The minimum absolute atomic E-state index is 0.126. The third kappa shape index (κ3) is 2.75. The molecule has 2 rings (SSSR count). The van der Waals surface area contributed by atoms with Crippen LogP contribution in [-0.4, -0.2) is 12.6 Å². The predicted molar refractivity (Wildman–Crippen MR) is 63.1 cm³/mol. The van der Waals surface area contributed by atoms with Crippen LogP contribution in [-0.2, 0) is 4.74 Å². The van der Waals surface area contributed by atoms with Crippen LogP contribution in [0.2, 0.25) is 0 Å². The number of nitrogens with two attached hydrogens (primary N) is 1. The van der Waals surface area contributed by atoms with Crippen LogP contribution >= 0.6 is 0 Å². The Bertz CT molecular complexity index is 394. The number of nitrogen functional groups attached to an aromatic ring is 1. The fourth-order valence-corrected chi connectivity index (χ4v) is 2.20. The summed E-state index contributed by atoms with van der Waals surface area (Å²) in [6.45, 7) is 0.368. The van der Waals surface area contributed by atoms with Gasteiger partial charge in [-0.1, -0.05) is 18.9 Å². The number of benzene rings is 1. The SMILES string of the molecule is Nc1cccc(F)c1C(=O)OCC1CCCC1. The first-order chi connectivity index (χ1) is 8.18. The molecule has 1 aliphatic rings. The van der Waals surface area contributed by atoms with Crippen LogP contribution in [0.3, 0.4) is 0 Å².